The molecular formula is C11H14ClNO3S. The van der Waals surface area contributed by atoms with Gasteiger partial charge in [-0.15, -0.1) is 22.9 Å². The lowest BCUT2D eigenvalue weighted by molar-refractivity contribution is 0.00470. The molecule has 4 nitrogen and oxygen atoms in total. The summed E-state index contributed by atoms with van der Waals surface area (Å²) in [5, 5.41) is 1.85. The highest BCUT2D eigenvalue weighted by molar-refractivity contribution is 7.12. The zero-order valence-corrected chi connectivity index (χ0v) is 11.1. The Kier molecular flexibility index (Phi) is 4.25. The molecule has 2 heterocycles. The van der Waals surface area contributed by atoms with Crippen LogP contribution in [0.4, 0.5) is 0 Å². The quantitative estimate of drug-likeness (QED) is 0.790. The standard InChI is InChI=1S/C11H14ClNO3S/c1-15-9-2-5-17-10(9)11(14)13-3-4-16-7-8(13)6-12/h2,5,8H,3-4,6-7H2,1H3. The van der Waals surface area contributed by atoms with Gasteiger partial charge in [0.2, 0.25) is 0 Å². The highest BCUT2D eigenvalue weighted by Gasteiger charge is 2.29. The molecule has 0 aromatic carbocycles. The van der Waals surface area contributed by atoms with Crippen LogP contribution in [0.1, 0.15) is 9.67 Å². The van der Waals surface area contributed by atoms with Crippen molar-refractivity contribution < 1.29 is 14.3 Å². The normalized spacial score (nSPS) is 20.4. The van der Waals surface area contributed by atoms with Crippen LogP contribution >= 0.6 is 22.9 Å². The molecule has 0 N–H and O–H groups in total. The Bertz CT molecular complexity index is 396. The number of thiophene rings is 1. The largest absolute Gasteiger partial charge is 0.495 e. The van der Waals surface area contributed by atoms with Gasteiger partial charge in [-0.25, -0.2) is 0 Å². The minimum absolute atomic E-state index is 0.0224. The van der Waals surface area contributed by atoms with Gasteiger partial charge in [-0.1, -0.05) is 0 Å². The van der Waals surface area contributed by atoms with Gasteiger partial charge in [-0.05, 0) is 11.4 Å². The van der Waals surface area contributed by atoms with E-state index in [9.17, 15) is 4.79 Å². The number of methoxy groups -OCH3 is 1. The van der Waals surface area contributed by atoms with Crippen LogP contribution in [-0.2, 0) is 4.74 Å². The lowest BCUT2D eigenvalue weighted by atomic mass is 10.2. The number of hydrogen-bond donors (Lipinski definition) is 0. The maximum absolute atomic E-state index is 12.4. The van der Waals surface area contributed by atoms with Crippen LogP contribution in [0.3, 0.4) is 0 Å². The predicted molar refractivity (Wildman–Crippen MR) is 67.2 cm³/mol. The van der Waals surface area contributed by atoms with Crippen molar-refractivity contribution in [1.82, 2.24) is 4.90 Å². The fraction of sp³-hybridized carbons (Fsp3) is 0.545. The van der Waals surface area contributed by atoms with Crippen molar-refractivity contribution in [3.63, 3.8) is 0 Å². The molecule has 0 radical (unpaired) electrons. The maximum Gasteiger partial charge on any atom is 0.268 e. The Hall–Kier alpha value is -0.780. The van der Waals surface area contributed by atoms with Gasteiger partial charge in [0.1, 0.15) is 10.6 Å². The van der Waals surface area contributed by atoms with Gasteiger partial charge in [-0.3, -0.25) is 4.79 Å². The summed E-state index contributed by atoms with van der Waals surface area (Å²) in [7, 11) is 1.57. The highest BCUT2D eigenvalue weighted by atomic mass is 35.5. The molecule has 0 bridgehead atoms. The summed E-state index contributed by atoms with van der Waals surface area (Å²) >= 11 is 7.24. The van der Waals surface area contributed by atoms with E-state index in [-0.39, 0.29) is 11.9 Å². The summed E-state index contributed by atoms with van der Waals surface area (Å²) in [5.41, 5.74) is 0. The molecule has 2 rings (SSSR count). The Balaban J connectivity index is 2.18. The molecule has 0 aliphatic carbocycles. The van der Waals surface area contributed by atoms with Gasteiger partial charge in [0, 0.05) is 12.4 Å². The van der Waals surface area contributed by atoms with Crippen molar-refractivity contribution in [2.45, 2.75) is 6.04 Å². The molecule has 6 heteroatoms. The minimum Gasteiger partial charge on any atom is -0.495 e. The van der Waals surface area contributed by atoms with E-state index in [1.54, 1.807) is 18.1 Å². The maximum atomic E-state index is 12.4. The van der Waals surface area contributed by atoms with Crippen molar-refractivity contribution in [3.05, 3.63) is 16.3 Å². The fourth-order valence-electron chi connectivity index (χ4n) is 1.79. The van der Waals surface area contributed by atoms with Crippen molar-refractivity contribution in [3.8, 4) is 5.75 Å². The van der Waals surface area contributed by atoms with Gasteiger partial charge >= 0.3 is 0 Å². The Morgan fingerprint density at radius 3 is 3.29 bits per heavy atom. The summed E-state index contributed by atoms with van der Waals surface area (Å²) in [6.07, 6.45) is 0. The molecule has 1 aliphatic heterocycles. The third-order valence-corrected chi connectivity index (χ3v) is 3.95. The summed E-state index contributed by atoms with van der Waals surface area (Å²) in [4.78, 5) is 14.7. The number of rotatable bonds is 3. The molecule has 17 heavy (non-hydrogen) atoms. The first kappa shape index (κ1) is 12.7. The van der Waals surface area contributed by atoms with Crippen molar-refractivity contribution in [2.24, 2.45) is 0 Å². The average molecular weight is 276 g/mol. The second kappa shape index (κ2) is 5.71. The van der Waals surface area contributed by atoms with E-state index >= 15 is 0 Å². The first-order chi connectivity index (χ1) is 8.27. The minimum atomic E-state index is -0.0512. The van der Waals surface area contributed by atoms with Crippen molar-refractivity contribution in [2.75, 3.05) is 32.7 Å². The van der Waals surface area contributed by atoms with Crippen molar-refractivity contribution >= 4 is 28.8 Å². The van der Waals surface area contributed by atoms with Gasteiger partial charge in [-0.2, -0.15) is 0 Å². The zero-order valence-electron chi connectivity index (χ0n) is 9.52. The summed E-state index contributed by atoms with van der Waals surface area (Å²) in [5.74, 6) is 0.991. The molecule has 1 aromatic heterocycles. The predicted octanol–water partition coefficient (Wildman–Crippen LogP) is 1.84. The third kappa shape index (κ3) is 2.56. The van der Waals surface area contributed by atoms with Crippen LogP contribution in [0, 0.1) is 0 Å². The van der Waals surface area contributed by atoms with Crippen molar-refractivity contribution in [1.29, 1.82) is 0 Å². The SMILES string of the molecule is COc1ccsc1C(=O)N1CCOCC1CCl. The topological polar surface area (TPSA) is 38.8 Å². The number of morpholine rings is 1. The van der Waals surface area contributed by atoms with Gasteiger partial charge in [0.05, 0.1) is 26.4 Å². The molecule has 1 amide bonds. The Labute approximate surface area is 109 Å². The van der Waals surface area contributed by atoms with Gasteiger partial charge in [0.15, 0.2) is 0 Å². The van der Waals surface area contributed by atoms with E-state index in [1.165, 1.54) is 11.3 Å². The lowest BCUT2D eigenvalue weighted by Gasteiger charge is -2.34. The van der Waals surface area contributed by atoms with E-state index in [1.807, 2.05) is 5.38 Å². The first-order valence-corrected chi connectivity index (χ1v) is 6.75. The third-order valence-electron chi connectivity index (χ3n) is 2.71. The number of carbonyl (C=O) groups is 1. The number of halogens is 1. The molecule has 1 fully saturated rings. The van der Waals surface area contributed by atoms with Crippen LogP contribution in [0.5, 0.6) is 5.75 Å². The molecule has 0 spiro atoms. The van der Waals surface area contributed by atoms with Crippen LogP contribution in [-0.4, -0.2) is 49.6 Å². The second-order valence-corrected chi connectivity index (χ2v) is 4.92. The summed E-state index contributed by atoms with van der Waals surface area (Å²) < 4.78 is 10.5. The van der Waals surface area contributed by atoms with E-state index in [0.29, 0.717) is 36.3 Å². The molecule has 1 saturated heterocycles. The van der Waals surface area contributed by atoms with E-state index in [4.69, 9.17) is 21.1 Å². The molecule has 1 unspecified atom stereocenters. The van der Waals surface area contributed by atoms with Gasteiger partial charge in [0.25, 0.3) is 5.91 Å². The number of alkyl halides is 1. The average Bonchev–Trinajstić information content (AvgIpc) is 2.86. The molecule has 94 valence electrons. The van der Waals surface area contributed by atoms with Crippen LogP contribution in [0.15, 0.2) is 11.4 Å². The number of carbonyl (C=O) groups excluding carboxylic acids is 1. The summed E-state index contributed by atoms with van der Waals surface area (Å²) in [6.45, 7) is 1.65. The summed E-state index contributed by atoms with van der Waals surface area (Å²) in [6, 6.07) is 1.75. The van der Waals surface area contributed by atoms with E-state index < -0.39 is 0 Å². The number of amides is 1. The van der Waals surface area contributed by atoms with E-state index in [0.717, 1.165) is 0 Å². The van der Waals surface area contributed by atoms with Crippen LogP contribution in [0.2, 0.25) is 0 Å². The number of hydrogen-bond acceptors (Lipinski definition) is 4. The number of nitrogens with zero attached hydrogens (tertiary/aromatic N) is 1. The zero-order chi connectivity index (χ0) is 12.3. The molecular weight excluding hydrogens is 262 g/mol. The number of ether oxygens (including phenoxy) is 2. The van der Waals surface area contributed by atoms with E-state index in [2.05, 4.69) is 0 Å². The molecule has 1 aromatic rings. The Morgan fingerprint density at radius 1 is 1.76 bits per heavy atom. The molecule has 1 aliphatic rings. The lowest BCUT2D eigenvalue weighted by Crippen LogP contribution is -2.49. The molecule has 1 atom stereocenters. The monoisotopic (exact) mass is 275 g/mol. The molecule has 0 saturated carbocycles. The second-order valence-electron chi connectivity index (χ2n) is 3.70. The Morgan fingerprint density at radius 2 is 2.59 bits per heavy atom. The fourth-order valence-corrected chi connectivity index (χ4v) is 2.86. The van der Waals surface area contributed by atoms with Crippen LogP contribution in [0.25, 0.3) is 0 Å². The van der Waals surface area contributed by atoms with Gasteiger partial charge < -0.3 is 14.4 Å². The van der Waals surface area contributed by atoms with Crippen LogP contribution < -0.4 is 4.74 Å². The first-order valence-electron chi connectivity index (χ1n) is 5.34. The smallest absolute Gasteiger partial charge is 0.268 e. The highest BCUT2D eigenvalue weighted by Crippen LogP contribution is 2.27.